The second-order valence-corrected chi connectivity index (χ2v) is 6.64. The number of ether oxygens (including phenoxy) is 1. The Bertz CT molecular complexity index is 977. The molecule has 0 unspecified atom stereocenters. The topological polar surface area (TPSA) is 65.2 Å². The Morgan fingerprint density at radius 3 is 2.59 bits per heavy atom. The van der Waals surface area contributed by atoms with E-state index in [4.69, 9.17) is 20.8 Å². The molecule has 0 saturated heterocycles. The SMILES string of the molecule is Cc1ccc(-c2nnc([C@@H](C)OC(=O)/C=C/c3ccc(C)c(Cl)c3)o2)cc1. The number of rotatable bonds is 5. The van der Waals surface area contributed by atoms with Crippen molar-refractivity contribution in [2.24, 2.45) is 0 Å². The highest BCUT2D eigenvalue weighted by Crippen LogP contribution is 2.23. The summed E-state index contributed by atoms with van der Waals surface area (Å²) < 4.78 is 10.9. The van der Waals surface area contributed by atoms with Crippen LogP contribution in [-0.2, 0) is 9.53 Å². The van der Waals surface area contributed by atoms with E-state index in [-0.39, 0.29) is 5.89 Å². The zero-order valence-corrected chi connectivity index (χ0v) is 16.0. The van der Waals surface area contributed by atoms with Crippen LogP contribution in [0.5, 0.6) is 0 Å². The fourth-order valence-corrected chi connectivity index (χ4v) is 2.54. The van der Waals surface area contributed by atoms with Gasteiger partial charge >= 0.3 is 5.97 Å². The first kappa shape index (κ1) is 18.9. The summed E-state index contributed by atoms with van der Waals surface area (Å²) in [5, 5.41) is 8.63. The monoisotopic (exact) mass is 382 g/mol. The lowest BCUT2D eigenvalue weighted by molar-refractivity contribution is -0.143. The number of halogens is 1. The average Bonchev–Trinajstić information content (AvgIpc) is 3.13. The van der Waals surface area contributed by atoms with Crippen LogP contribution in [0.3, 0.4) is 0 Å². The molecule has 27 heavy (non-hydrogen) atoms. The van der Waals surface area contributed by atoms with Crippen LogP contribution in [-0.4, -0.2) is 16.2 Å². The van der Waals surface area contributed by atoms with Crippen LogP contribution >= 0.6 is 11.6 Å². The molecule has 0 amide bonds. The Morgan fingerprint density at radius 2 is 1.89 bits per heavy atom. The Morgan fingerprint density at radius 1 is 1.15 bits per heavy atom. The molecular weight excluding hydrogens is 364 g/mol. The minimum Gasteiger partial charge on any atom is -0.449 e. The van der Waals surface area contributed by atoms with Gasteiger partial charge in [0.25, 0.3) is 5.89 Å². The number of nitrogens with zero attached hydrogens (tertiary/aromatic N) is 2. The van der Waals surface area contributed by atoms with Crippen LogP contribution in [0.25, 0.3) is 17.5 Å². The minimum absolute atomic E-state index is 0.241. The largest absolute Gasteiger partial charge is 0.449 e. The van der Waals surface area contributed by atoms with Crippen LogP contribution in [0.15, 0.2) is 53.0 Å². The Kier molecular flexibility index (Phi) is 5.72. The summed E-state index contributed by atoms with van der Waals surface area (Å²) in [5.74, 6) is 0.123. The van der Waals surface area contributed by atoms with Crippen molar-refractivity contribution in [3.8, 4) is 11.5 Å². The molecule has 3 aromatic rings. The first-order valence-corrected chi connectivity index (χ1v) is 8.85. The number of hydrogen-bond donors (Lipinski definition) is 0. The molecular formula is C21H19ClN2O3. The van der Waals surface area contributed by atoms with E-state index in [0.717, 1.165) is 22.3 Å². The number of carbonyl (C=O) groups is 1. The van der Waals surface area contributed by atoms with Crippen molar-refractivity contribution < 1.29 is 13.9 Å². The van der Waals surface area contributed by atoms with Gasteiger partial charge in [-0.05, 0) is 56.2 Å². The highest BCUT2D eigenvalue weighted by molar-refractivity contribution is 6.31. The summed E-state index contributed by atoms with van der Waals surface area (Å²) >= 11 is 6.08. The van der Waals surface area contributed by atoms with Crippen molar-refractivity contribution in [3.63, 3.8) is 0 Å². The molecule has 6 heteroatoms. The lowest BCUT2D eigenvalue weighted by atomic mass is 10.1. The van der Waals surface area contributed by atoms with Gasteiger partial charge in [0.15, 0.2) is 6.10 Å². The van der Waals surface area contributed by atoms with E-state index in [1.54, 1.807) is 19.1 Å². The van der Waals surface area contributed by atoms with E-state index in [9.17, 15) is 4.79 Å². The molecule has 0 saturated carbocycles. The summed E-state index contributed by atoms with van der Waals surface area (Å²) in [5.41, 5.74) is 3.75. The Hall–Kier alpha value is -2.92. The summed E-state index contributed by atoms with van der Waals surface area (Å²) in [6, 6.07) is 13.3. The maximum atomic E-state index is 12.0. The summed E-state index contributed by atoms with van der Waals surface area (Å²) in [6.45, 7) is 5.60. The van der Waals surface area contributed by atoms with E-state index >= 15 is 0 Å². The second kappa shape index (κ2) is 8.18. The van der Waals surface area contributed by atoms with Crippen molar-refractivity contribution in [1.82, 2.24) is 10.2 Å². The summed E-state index contributed by atoms with van der Waals surface area (Å²) in [6.07, 6.45) is 2.33. The number of carbonyl (C=O) groups excluding carboxylic acids is 1. The Balaban J connectivity index is 1.63. The number of aryl methyl sites for hydroxylation is 2. The average molecular weight is 383 g/mol. The van der Waals surface area contributed by atoms with Gasteiger partial charge in [0, 0.05) is 16.7 Å². The molecule has 3 rings (SSSR count). The summed E-state index contributed by atoms with van der Waals surface area (Å²) in [7, 11) is 0. The fraction of sp³-hybridized carbons (Fsp3) is 0.190. The van der Waals surface area contributed by atoms with E-state index in [0.29, 0.717) is 10.9 Å². The molecule has 1 aromatic heterocycles. The second-order valence-electron chi connectivity index (χ2n) is 6.23. The zero-order chi connectivity index (χ0) is 19.4. The first-order chi connectivity index (χ1) is 12.9. The Labute approximate surface area is 162 Å². The van der Waals surface area contributed by atoms with Crippen molar-refractivity contribution in [1.29, 1.82) is 0 Å². The normalized spacial score (nSPS) is 12.3. The van der Waals surface area contributed by atoms with E-state index in [1.807, 2.05) is 50.2 Å². The molecule has 0 aliphatic heterocycles. The fourth-order valence-electron chi connectivity index (χ4n) is 2.35. The van der Waals surface area contributed by atoms with Crippen LogP contribution in [0.1, 0.15) is 35.6 Å². The lowest BCUT2D eigenvalue weighted by Gasteiger charge is -2.07. The van der Waals surface area contributed by atoms with E-state index < -0.39 is 12.1 Å². The van der Waals surface area contributed by atoms with Gasteiger partial charge in [-0.1, -0.05) is 41.4 Å². The van der Waals surface area contributed by atoms with Crippen LogP contribution < -0.4 is 0 Å². The predicted octanol–water partition coefficient (Wildman–Crippen LogP) is 5.32. The van der Waals surface area contributed by atoms with Gasteiger partial charge in [-0.2, -0.15) is 0 Å². The zero-order valence-electron chi connectivity index (χ0n) is 15.3. The molecule has 1 heterocycles. The van der Waals surface area contributed by atoms with Crippen molar-refractivity contribution in [2.75, 3.05) is 0 Å². The maximum absolute atomic E-state index is 12.0. The molecule has 0 fully saturated rings. The summed E-state index contributed by atoms with van der Waals surface area (Å²) in [4.78, 5) is 12.0. The van der Waals surface area contributed by atoms with Crippen molar-refractivity contribution in [2.45, 2.75) is 26.9 Å². The van der Waals surface area contributed by atoms with Gasteiger partial charge in [-0.25, -0.2) is 4.79 Å². The van der Waals surface area contributed by atoms with Crippen LogP contribution in [0.2, 0.25) is 5.02 Å². The van der Waals surface area contributed by atoms with Crippen LogP contribution in [0.4, 0.5) is 0 Å². The third-order valence-corrected chi connectivity index (χ3v) is 4.39. The lowest BCUT2D eigenvalue weighted by Crippen LogP contribution is -2.06. The molecule has 2 aromatic carbocycles. The molecule has 5 nitrogen and oxygen atoms in total. The molecule has 138 valence electrons. The molecule has 0 N–H and O–H groups in total. The quantitative estimate of drug-likeness (QED) is 0.441. The van der Waals surface area contributed by atoms with Gasteiger partial charge in [0.05, 0.1) is 0 Å². The van der Waals surface area contributed by atoms with Gasteiger partial charge in [0.2, 0.25) is 5.89 Å². The van der Waals surface area contributed by atoms with Gasteiger partial charge in [0.1, 0.15) is 0 Å². The van der Waals surface area contributed by atoms with E-state index in [2.05, 4.69) is 10.2 Å². The molecule has 0 aliphatic carbocycles. The van der Waals surface area contributed by atoms with Gasteiger partial charge in [-0.3, -0.25) is 0 Å². The van der Waals surface area contributed by atoms with Crippen LogP contribution in [0, 0.1) is 13.8 Å². The number of benzene rings is 2. The smallest absolute Gasteiger partial charge is 0.331 e. The molecule has 0 aliphatic rings. The number of aromatic nitrogens is 2. The minimum atomic E-state index is -0.657. The third-order valence-electron chi connectivity index (χ3n) is 3.99. The molecule has 0 spiro atoms. The van der Waals surface area contributed by atoms with Crippen molar-refractivity contribution >= 4 is 23.6 Å². The molecule has 0 radical (unpaired) electrons. The maximum Gasteiger partial charge on any atom is 0.331 e. The predicted molar refractivity (Wildman–Crippen MR) is 104 cm³/mol. The molecule has 1 atom stereocenters. The highest BCUT2D eigenvalue weighted by Gasteiger charge is 2.18. The first-order valence-electron chi connectivity index (χ1n) is 8.47. The standard InChI is InChI=1S/C21H19ClN2O3/c1-13-4-9-17(10-5-13)21-24-23-20(27-21)15(3)26-19(25)11-8-16-7-6-14(2)18(22)12-16/h4-12,15H,1-3H3/b11-8+/t15-/m1/s1. The number of hydrogen-bond acceptors (Lipinski definition) is 5. The molecule has 0 bridgehead atoms. The highest BCUT2D eigenvalue weighted by atomic mass is 35.5. The van der Waals surface area contributed by atoms with E-state index in [1.165, 1.54) is 6.08 Å². The van der Waals surface area contributed by atoms with Gasteiger partial charge < -0.3 is 9.15 Å². The third kappa shape index (κ3) is 4.83. The number of esters is 1. The van der Waals surface area contributed by atoms with Crippen molar-refractivity contribution in [3.05, 3.63) is 76.1 Å². The van der Waals surface area contributed by atoms with Gasteiger partial charge in [-0.15, -0.1) is 10.2 Å².